The van der Waals surface area contributed by atoms with Crippen molar-refractivity contribution in [1.82, 2.24) is 0 Å². The third-order valence-electron chi connectivity index (χ3n) is 6.85. The normalized spacial score (nSPS) is 11.7. The van der Waals surface area contributed by atoms with Crippen LogP contribution in [-0.2, 0) is 6.54 Å². The maximum atomic E-state index is 4.14. The zero-order valence-electron chi connectivity index (χ0n) is 21.3. The molecule has 1 nitrogen and oxygen atoms in total. The highest BCUT2D eigenvalue weighted by Gasteiger charge is 2.25. The summed E-state index contributed by atoms with van der Waals surface area (Å²) < 4.78 is 1.21. The summed E-state index contributed by atoms with van der Waals surface area (Å²) in [5.74, 6) is 0. The third-order valence-corrected chi connectivity index (χ3v) is 6.85. The molecule has 0 fully saturated rings. The largest absolute Gasteiger partial charge is 0.317 e. The van der Waals surface area contributed by atoms with Crippen molar-refractivity contribution in [3.05, 3.63) is 48.6 Å². The van der Waals surface area contributed by atoms with Crippen molar-refractivity contribution in [2.75, 3.05) is 19.6 Å². The zero-order chi connectivity index (χ0) is 22.5. The van der Waals surface area contributed by atoms with Crippen LogP contribution in [-0.4, -0.2) is 24.1 Å². The van der Waals surface area contributed by atoms with Crippen molar-refractivity contribution in [1.29, 1.82) is 0 Å². The summed E-state index contributed by atoms with van der Waals surface area (Å²) in [6.07, 6.45) is 24.6. The smallest absolute Gasteiger partial charge is 0.105 e. The van der Waals surface area contributed by atoms with E-state index >= 15 is 0 Å². The molecule has 0 N–H and O–H groups in total. The summed E-state index contributed by atoms with van der Waals surface area (Å²) in [5, 5.41) is 0. The Morgan fingerprint density at radius 1 is 0.613 bits per heavy atom. The van der Waals surface area contributed by atoms with Gasteiger partial charge in [-0.15, -0.1) is 0 Å². The van der Waals surface area contributed by atoms with Gasteiger partial charge in [0.25, 0.3) is 0 Å². The second-order valence-electron chi connectivity index (χ2n) is 9.85. The Hall–Kier alpha value is -1.08. The molecule has 0 atom stereocenters. The molecule has 0 radical (unpaired) electrons. The number of rotatable bonds is 22. The molecule has 0 heterocycles. The molecule has 0 aliphatic rings. The number of unbranched alkanes of at least 4 members (excludes halogenated alkanes) is 14. The molecule has 1 aromatic rings. The van der Waals surface area contributed by atoms with E-state index in [1.807, 2.05) is 0 Å². The molecule has 1 heteroatoms. The Labute approximate surface area is 195 Å². The zero-order valence-corrected chi connectivity index (χ0v) is 21.3. The van der Waals surface area contributed by atoms with Gasteiger partial charge in [0.15, 0.2) is 0 Å². The second-order valence-corrected chi connectivity index (χ2v) is 9.85. The molecule has 0 bridgehead atoms. The van der Waals surface area contributed by atoms with Gasteiger partial charge in [0.05, 0.1) is 19.6 Å². The van der Waals surface area contributed by atoms with E-state index in [1.165, 1.54) is 132 Å². The molecule has 0 spiro atoms. The van der Waals surface area contributed by atoms with Crippen LogP contribution in [0, 0.1) is 0 Å². The van der Waals surface area contributed by atoms with Crippen LogP contribution in [0.2, 0.25) is 0 Å². The summed E-state index contributed by atoms with van der Waals surface area (Å²) in [5.41, 5.74) is 1.49. The molecule has 0 amide bonds. The van der Waals surface area contributed by atoms with Crippen molar-refractivity contribution in [3.63, 3.8) is 0 Å². The average Bonchev–Trinajstić information content (AvgIpc) is 2.78. The van der Waals surface area contributed by atoms with Crippen LogP contribution in [0.3, 0.4) is 0 Å². The molecule has 0 aromatic heterocycles. The highest BCUT2D eigenvalue weighted by molar-refractivity contribution is 5.13. The average molecular weight is 429 g/mol. The minimum atomic E-state index is 1.11. The van der Waals surface area contributed by atoms with Gasteiger partial charge in [0, 0.05) is 5.56 Å². The van der Waals surface area contributed by atoms with Crippen molar-refractivity contribution in [2.24, 2.45) is 0 Å². The molecular weight excluding hydrogens is 374 g/mol. The molecule has 31 heavy (non-hydrogen) atoms. The van der Waals surface area contributed by atoms with Gasteiger partial charge in [-0.1, -0.05) is 128 Å². The number of quaternary nitrogens is 1. The number of hydrogen-bond acceptors (Lipinski definition) is 0. The van der Waals surface area contributed by atoms with Crippen molar-refractivity contribution < 1.29 is 4.48 Å². The van der Waals surface area contributed by atoms with E-state index in [0.717, 1.165) is 6.54 Å². The van der Waals surface area contributed by atoms with Crippen molar-refractivity contribution in [3.8, 4) is 0 Å². The quantitative estimate of drug-likeness (QED) is 0.0979. The fourth-order valence-electron chi connectivity index (χ4n) is 4.92. The van der Waals surface area contributed by atoms with Gasteiger partial charge >= 0.3 is 0 Å². The van der Waals surface area contributed by atoms with Gasteiger partial charge in [-0.3, -0.25) is 0 Å². The predicted molar refractivity (Wildman–Crippen MR) is 140 cm³/mol. The Balaban J connectivity index is 2.49. The minimum Gasteiger partial charge on any atom is -0.317 e. The number of benzene rings is 1. The topological polar surface area (TPSA) is 0 Å². The minimum absolute atomic E-state index is 1.11. The van der Waals surface area contributed by atoms with E-state index in [2.05, 4.69) is 56.8 Å². The summed E-state index contributed by atoms with van der Waals surface area (Å²) in [7, 11) is 0. The third kappa shape index (κ3) is 14.6. The molecular formula is C30H54N+. The van der Waals surface area contributed by atoms with Crippen LogP contribution in [0.25, 0.3) is 0 Å². The maximum Gasteiger partial charge on any atom is 0.105 e. The number of nitrogens with zero attached hydrogens (tertiary/aromatic N) is 1. The highest BCUT2D eigenvalue weighted by Crippen LogP contribution is 2.20. The first-order valence-corrected chi connectivity index (χ1v) is 13.8. The van der Waals surface area contributed by atoms with Gasteiger partial charge < -0.3 is 4.48 Å². The molecule has 1 aromatic carbocycles. The summed E-state index contributed by atoms with van der Waals surface area (Å²) >= 11 is 0. The molecule has 0 unspecified atom stereocenters. The molecule has 0 aliphatic heterocycles. The summed E-state index contributed by atoms with van der Waals surface area (Å²) in [6.45, 7) is 13.7. The monoisotopic (exact) mass is 428 g/mol. The van der Waals surface area contributed by atoms with E-state index in [9.17, 15) is 0 Å². The Kier molecular flexibility index (Phi) is 17.7. The van der Waals surface area contributed by atoms with Gasteiger partial charge in [-0.2, -0.15) is 0 Å². The highest BCUT2D eigenvalue weighted by atomic mass is 15.3. The first kappa shape index (κ1) is 28.0. The van der Waals surface area contributed by atoms with E-state index in [0.29, 0.717) is 0 Å². The van der Waals surface area contributed by atoms with E-state index in [-0.39, 0.29) is 0 Å². The first-order valence-electron chi connectivity index (χ1n) is 13.8. The van der Waals surface area contributed by atoms with Crippen LogP contribution in [0.5, 0.6) is 0 Å². The first-order chi connectivity index (χ1) is 15.3. The lowest BCUT2D eigenvalue weighted by molar-refractivity contribution is -0.936. The van der Waals surface area contributed by atoms with Gasteiger partial charge in [0.1, 0.15) is 6.54 Å². The molecule has 178 valence electrons. The van der Waals surface area contributed by atoms with Crippen LogP contribution in [0.15, 0.2) is 43.0 Å². The summed E-state index contributed by atoms with van der Waals surface area (Å²) in [6, 6.07) is 11.2. The predicted octanol–water partition coefficient (Wildman–Crippen LogP) is 9.47. The Morgan fingerprint density at radius 3 is 1.45 bits per heavy atom. The Morgan fingerprint density at radius 2 is 1.03 bits per heavy atom. The fourth-order valence-corrected chi connectivity index (χ4v) is 4.92. The van der Waals surface area contributed by atoms with Crippen LogP contribution >= 0.6 is 0 Å². The molecule has 0 aliphatic carbocycles. The number of hydrogen-bond donors (Lipinski definition) is 0. The maximum absolute atomic E-state index is 4.14. The van der Waals surface area contributed by atoms with Gasteiger partial charge in [0.2, 0.25) is 0 Å². The lowest BCUT2D eigenvalue weighted by atomic mass is 10.1. The lowest BCUT2D eigenvalue weighted by Gasteiger charge is -2.38. The van der Waals surface area contributed by atoms with E-state index < -0.39 is 0 Å². The van der Waals surface area contributed by atoms with Crippen molar-refractivity contribution >= 4 is 0 Å². The SMILES string of the molecule is C=CC[N+](CCCCCCCCCC)(CCCCCCCCCC)Cc1ccccc1. The van der Waals surface area contributed by atoms with Crippen LogP contribution in [0.1, 0.15) is 122 Å². The van der Waals surface area contributed by atoms with E-state index in [4.69, 9.17) is 0 Å². The molecule has 0 saturated carbocycles. The molecule has 0 saturated heterocycles. The second kappa shape index (κ2) is 19.6. The molecule has 1 rings (SSSR count). The van der Waals surface area contributed by atoms with Gasteiger partial charge in [-0.05, 0) is 31.8 Å². The standard InChI is InChI=1S/C30H54N/c1-4-7-9-11-13-15-17-22-27-31(26-6-3,29-30-24-20-19-21-25-30)28-23-18-16-14-12-10-8-5-2/h6,19-21,24-25H,3-5,7-18,22-23,26-29H2,1-2H3/q+1. The van der Waals surface area contributed by atoms with Crippen molar-refractivity contribution in [2.45, 2.75) is 123 Å². The fraction of sp³-hybridized carbons (Fsp3) is 0.733. The van der Waals surface area contributed by atoms with Crippen LogP contribution in [0.4, 0.5) is 0 Å². The van der Waals surface area contributed by atoms with Gasteiger partial charge in [-0.25, -0.2) is 0 Å². The van der Waals surface area contributed by atoms with E-state index in [1.54, 1.807) is 0 Å². The lowest BCUT2D eigenvalue weighted by Crippen LogP contribution is -2.48. The summed E-state index contributed by atoms with van der Waals surface area (Å²) in [4.78, 5) is 0. The Bertz CT molecular complexity index is 486. The van der Waals surface area contributed by atoms with Crippen LogP contribution < -0.4 is 0 Å².